The van der Waals surface area contributed by atoms with Gasteiger partial charge in [-0.1, -0.05) is 18.2 Å². The Morgan fingerprint density at radius 2 is 1.84 bits per heavy atom. The third-order valence-electron chi connectivity index (χ3n) is 5.04. The van der Waals surface area contributed by atoms with E-state index in [9.17, 15) is 4.79 Å². The summed E-state index contributed by atoms with van der Waals surface area (Å²) in [5, 5.41) is 0. The number of para-hydroxylation sites is 1. The summed E-state index contributed by atoms with van der Waals surface area (Å²) in [5.74, 6) is 0. The van der Waals surface area contributed by atoms with Crippen LogP contribution in [0.4, 0.5) is 10.5 Å². The van der Waals surface area contributed by atoms with Crippen LogP contribution in [0.2, 0.25) is 0 Å². The van der Waals surface area contributed by atoms with Crippen molar-refractivity contribution in [3.8, 4) is 0 Å². The second kappa shape index (κ2) is 6.87. The highest BCUT2D eigenvalue weighted by Gasteiger charge is 2.43. The SMILES string of the molecule is CC1COC2(CCN(C(=O)OC(C)(C)C)CC2)CN1c1ccccc1. The number of benzene rings is 1. The summed E-state index contributed by atoms with van der Waals surface area (Å²) in [5.41, 5.74) is 0.626. The molecule has 25 heavy (non-hydrogen) atoms. The molecule has 2 heterocycles. The third kappa shape index (κ3) is 4.27. The largest absolute Gasteiger partial charge is 0.444 e. The predicted molar refractivity (Wildman–Crippen MR) is 99.0 cm³/mol. The average Bonchev–Trinajstić information content (AvgIpc) is 2.57. The zero-order valence-corrected chi connectivity index (χ0v) is 15.8. The van der Waals surface area contributed by atoms with Crippen LogP contribution in [0, 0.1) is 0 Å². The molecule has 0 N–H and O–H groups in total. The van der Waals surface area contributed by atoms with Gasteiger partial charge >= 0.3 is 6.09 Å². The summed E-state index contributed by atoms with van der Waals surface area (Å²) in [6.07, 6.45) is 1.48. The summed E-state index contributed by atoms with van der Waals surface area (Å²) in [6.45, 7) is 10.9. The Labute approximate surface area is 150 Å². The van der Waals surface area contributed by atoms with Gasteiger partial charge in [-0.2, -0.15) is 0 Å². The van der Waals surface area contributed by atoms with Crippen LogP contribution in [0.5, 0.6) is 0 Å². The minimum absolute atomic E-state index is 0.166. The van der Waals surface area contributed by atoms with Crippen LogP contribution < -0.4 is 4.90 Å². The van der Waals surface area contributed by atoms with E-state index in [4.69, 9.17) is 9.47 Å². The number of ether oxygens (including phenoxy) is 2. The van der Waals surface area contributed by atoms with Crippen LogP contribution >= 0.6 is 0 Å². The van der Waals surface area contributed by atoms with Gasteiger partial charge in [0, 0.05) is 31.4 Å². The standard InChI is InChI=1S/C20H30N2O3/c1-16-14-24-20(15-22(16)17-8-6-5-7-9-17)10-12-21(13-11-20)18(23)25-19(2,3)4/h5-9,16H,10-15H2,1-4H3. The number of likely N-dealkylation sites (tertiary alicyclic amines) is 1. The molecular formula is C20H30N2O3. The van der Waals surface area contributed by atoms with Gasteiger partial charge in [0.25, 0.3) is 0 Å². The Kier molecular flexibility index (Phi) is 4.96. The van der Waals surface area contributed by atoms with E-state index in [-0.39, 0.29) is 11.7 Å². The van der Waals surface area contributed by atoms with Crippen molar-refractivity contribution < 1.29 is 14.3 Å². The molecule has 2 aliphatic heterocycles. The summed E-state index contributed by atoms with van der Waals surface area (Å²) in [4.78, 5) is 16.5. The van der Waals surface area contributed by atoms with Gasteiger partial charge in [-0.05, 0) is 52.7 Å². The lowest BCUT2D eigenvalue weighted by atomic mass is 9.88. The molecule has 0 saturated carbocycles. The lowest BCUT2D eigenvalue weighted by Gasteiger charge is -2.50. The van der Waals surface area contributed by atoms with Crippen LogP contribution in [-0.4, -0.2) is 54.5 Å². The molecule has 1 unspecified atom stereocenters. The number of carbonyl (C=O) groups is 1. The summed E-state index contributed by atoms with van der Waals surface area (Å²) >= 11 is 0. The average molecular weight is 346 g/mol. The summed E-state index contributed by atoms with van der Waals surface area (Å²) in [7, 11) is 0. The van der Waals surface area contributed by atoms with Gasteiger partial charge < -0.3 is 19.3 Å². The van der Waals surface area contributed by atoms with Crippen molar-refractivity contribution in [3.63, 3.8) is 0 Å². The highest BCUT2D eigenvalue weighted by molar-refractivity contribution is 5.68. The van der Waals surface area contributed by atoms with E-state index < -0.39 is 5.60 Å². The Morgan fingerprint density at radius 3 is 2.44 bits per heavy atom. The highest BCUT2D eigenvalue weighted by atomic mass is 16.6. The number of amides is 1. The highest BCUT2D eigenvalue weighted by Crippen LogP contribution is 2.34. The second-order valence-corrected chi connectivity index (χ2v) is 8.27. The van der Waals surface area contributed by atoms with Gasteiger partial charge in [-0.25, -0.2) is 4.79 Å². The molecular weight excluding hydrogens is 316 g/mol. The number of rotatable bonds is 1. The van der Waals surface area contributed by atoms with Gasteiger partial charge in [0.2, 0.25) is 0 Å². The zero-order chi connectivity index (χ0) is 18.1. The van der Waals surface area contributed by atoms with Crippen molar-refractivity contribution in [2.24, 2.45) is 0 Å². The molecule has 0 aromatic heterocycles. The van der Waals surface area contributed by atoms with Gasteiger partial charge in [0.1, 0.15) is 5.60 Å². The van der Waals surface area contributed by atoms with E-state index >= 15 is 0 Å². The lowest BCUT2D eigenvalue weighted by Crippen LogP contribution is -2.60. The van der Waals surface area contributed by atoms with E-state index in [1.807, 2.05) is 31.7 Å². The molecule has 2 fully saturated rings. The first-order valence-electron chi connectivity index (χ1n) is 9.22. The van der Waals surface area contributed by atoms with E-state index in [0.717, 1.165) is 26.0 Å². The van der Waals surface area contributed by atoms with Crippen LogP contribution in [0.25, 0.3) is 0 Å². The maximum atomic E-state index is 12.3. The van der Waals surface area contributed by atoms with E-state index in [1.54, 1.807) is 0 Å². The molecule has 1 spiro atoms. The molecule has 0 aliphatic carbocycles. The van der Waals surface area contributed by atoms with E-state index in [0.29, 0.717) is 19.1 Å². The molecule has 1 aromatic carbocycles. The maximum Gasteiger partial charge on any atom is 0.410 e. The number of hydrogen-bond acceptors (Lipinski definition) is 4. The monoisotopic (exact) mass is 346 g/mol. The molecule has 0 bridgehead atoms. The lowest BCUT2D eigenvalue weighted by molar-refractivity contribution is -0.101. The third-order valence-corrected chi connectivity index (χ3v) is 5.04. The number of carbonyl (C=O) groups excluding carboxylic acids is 1. The van der Waals surface area contributed by atoms with Gasteiger partial charge in [-0.15, -0.1) is 0 Å². The predicted octanol–water partition coefficient (Wildman–Crippen LogP) is 3.68. The van der Waals surface area contributed by atoms with Crippen LogP contribution in [0.1, 0.15) is 40.5 Å². The smallest absolute Gasteiger partial charge is 0.410 e. The Morgan fingerprint density at radius 1 is 1.20 bits per heavy atom. The normalized spacial score (nSPS) is 23.6. The first-order valence-corrected chi connectivity index (χ1v) is 9.22. The van der Waals surface area contributed by atoms with Crippen LogP contribution in [-0.2, 0) is 9.47 Å². The Hall–Kier alpha value is -1.75. The Bertz CT molecular complexity index is 589. The summed E-state index contributed by atoms with van der Waals surface area (Å²) in [6, 6.07) is 10.9. The van der Waals surface area contributed by atoms with Gasteiger partial charge in [0.15, 0.2) is 0 Å². The minimum Gasteiger partial charge on any atom is -0.444 e. The molecule has 2 saturated heterocycles. The first-order chi connectivity index (χ1) is 11.8. The van der Waals surface area contributed by atoms with Crippen molar-refractivity contribution >= 4 is 11.8 Å². The minimum atomic E-state index is -0.451. The van der Waals surface area contributed by atoms with Gasteiger partial charge in [0.05, 0.1) is 12.2 Å². The first kappa shape index (κ1) is 18.1. The fourth-order valence-electron chi connectivity index (χ4n) is 3.59. The maximum absolute atomic E-state index is 12.3. The number of nitrogens with zero attached hydrogens (tertiary/aromatic N) is 2. The fourth-order valence-corrected chi connectivity index (χ4v) is 3.59. The Balaban J connectivity index is 1.63. The van der Waals surface area contributed by atoms with Crippen molar-refractivity contribution in [1.82, 2.24) is 4.90 Å². The number of hydrogen-bond donors (Lipinski definition) is 0. The molecule has 0 radical (unpaired) electrons. The topological polar surface area (TPSA) is 42.0 Å². The van der Waals surface area contributed by atoms with Crippen molar-refractivity contribution in [3.05, 3.63) is 30.3 Å². The second-order valence-electron chi connectivity index (χ2n) is 8.27. The fraction of sp³-hybridized carbons (Fsp3) is 0.650. The van der Waals surface area contributed by atoms with E-state index in [2.05, 4.69) is 36.1 Å². The molecule has 1 aromatic rings. The quantitative estimate of drug-likeness (QED) is 0.778. The number of piperidine rings is 1. The molecule has 5 heteroatoms. The van der Waals surface area contributed by atoms with Crippen LogP contribution in [0.3, 0.4) is 0 Å². The zero-order valence-electron chi connectivity index (χ0n) is 15.8. The number of morpholine rings is 1. The molecule has 2 aliphatic rings. The molecule has 1 atom stereocenters. The van der Waals surface area contributed by atoms with Crippen LogP contribution in [0.15, 0.2) is 30.3 Å². The van der Waals surface area contributed by atoms with Crippen molar-refractivity contribution in [2.45, 2.75) is 57.8 Å². The number of anilines is 1. The molecule has 3 rings (SSSR count). The van der Waals surface area contributed by atoms with Gasteiger partial charge in [-0.3, -0.25) is 0 Å². The molecule has 5 nitrogen and oxygen atoms in total. The summed E-state index contributed by atoms with van der Waals surface area (Å²) < 4.78 is 11.8. The van der Waals surface area contributed by atoms with Crippen molar-refractivity contribution in [2.75, 3.05) is 31.1 Å². The molecule has 138 valence electrons. The van der Waals surface area contributed by atoms with E-state index in [1.165, 1.54) is 5.69 Å². The molecule has 1 amide bonds. The van der Waals surface area contributed by atoms with Crippen molar-refractivity contribution in [1.29, 1.82) is 0 Å².